The Labute approximate surface area is 103 Å². The highest BCUT2D eigenvalue weighted by Crippen LogP contribution is 2.30. The molecule has 0 unspecified atom stereocenters. The highest BCUT2D eigenvalue weighted by Gasteiger charge is 2.26. The number of anilines is 1. The maximum Gasteiger partial charge on any atom is 0.143 e. The lowest BCUT2D eigenvalue weighted by molar-refractivity contribution is 0.622. The second kappa shape index (κ2) is 4.35. The number of aromatic nitrogens is 2. The van der Waals surface area contributed by atoms with Crippen LogP contribution < -0.4 is 10.2 Å². The number of nitrogens with zero attached hydrogens (tertiary/aromatic N) is 3. The second-order valence-corrected chi connectivity index (χ2v) is 4.98. The Kier molecular flexibility index (Phi) is 3.05. The summed E-state index contributed by atoms with van der Waals surface area (Å²) < 4.78 is 0. The van der Waals surface area contributed by atoms with Gasteiger partial charge in [0.2, 0.25) is 0 Å². The molecule has 1 aromatic heterocycles. The first-order chi connectivity index (χ1) is 8.02. The van der Waals surface area contributed by atoms with Gasteiger partial charge in [0.05, 0.1) is 5.69 Å². The number of rotatable bonds is 2. The van der Waals surface area contributed by atoms with Crippen molar-refractivity contribution in [1.29, 1.82) is 0 Å². The summed E-state index contributed by atoms with van der Waals surface area (Å²) in [6, 6.07) is 0.337. The Morgan fingerprint density at radius 1 is 1.29 bits per heavy atom. The van der Waals surface area contributed by atoms with Crippen molar-refractivity contribution in [2.45, 2.75) is 46.2 Å². The van der Waals surface area contributed by atoms with E-state index in [2.05, 4.69) is 54.5 Å². The summed E-state index contributed by atoms with van der Waals surface area (Å²) in [5.74, 6) is 2.33. The van der Waals surface area contributed by atoms with Crippen molar-refractivity contribution in [1.82, 2.24) is 15.3 Å². The molecule has 4 nitrogen and oxygen atoms in total. The van der Waals surface area contributed by atoms with E-state index in [9.17, 15) is 0 Å². The van der Waals surface area contributed by atoms with Crippen LogP contribution in [-0.2, 0) is 6.54 Å². The predicted molar refractivity (Wildman–Crippen MR) is 69.7 cm³/mol. The molecular weight excluding hydrogens is 212 g/mol. The Morgan fingerprint density at radius 3 is 2.59 bits per heavy atom. The van der Waals surface area contributed by atoms with E-state index >= 15 is 0 Å². The molecule has 0 saturated heterocycles. The summed E-state index contributed by atoms with van der Waals surface area (Å²) in [6.45, 7) is 13.4. The SMILES string of the molecule is C=C1NCc2c(C(C)C)ncnc2N1C(C)C. The fraction of sp³-hybridized carbons (Fsp3) is 0.538. The lowest BCUT2D eigenvalue weighted by Gasteiger charge is -2.36. The largest absolute Gasteiger partial charge is 0.368 e. The molecule has 1 aliphatic rings. The smallest absolute Gasteiger partial charge is 0.143 e. The van der Waals surface area contributed by atoms with Gasteiger partial charge in [-0.15, -0.1) is 0 Å². The molecule has 0 saturated carbocycles. The lowest BCUT2D eigenvalue weighted by Crippen LogP contribution is -2.41. The third kappa shape index (κ3) is 1.99. The van der Waals surface area contributed by atoms with Gasteiger partial charge in [-0.05, 0) is 19.8 Å². The third-order valence-electron chi connectivity index (χ3n) is 3.01. The maximum absolute atomic E-state index is 4.43. The normalized spacial score (nSPS) is 15.2. The maximum atomic E-state index is 4.43. The molecule has 0 atom stereocenters. The summed E-state index contributed by atoms with van der Waals surface area (Å²) in [7, 11) is 0. The summed E-state index contributed by atoms with van der Waals surface area (Å²) in [5, 5.41) is 3.32. The van der Waals surface area contributed by atoms with Crippen LogP contribution in [-0.4, -0.2) is 16.0 Å². The van der Waals surface area contributed by atoms with Crippen LogP contribution in [0, 0.1) is 0 Å². The number of hydrogen-bond acceptors (Lipinski definition) is 4. The zero-order chi connectivity index (χ0) is 12.6. The molecule has 0 bridgehead atoms. The Bertz CT molecular complexity index is 437. The van der Waals surface area contributed by atoms with Gasteiger partial charge in [-0.1, -0.05) is 20.4 Å². The fourth-order valence-corrected chi connectivity index (χ4v) is 2.25. The molecule has 0 radical (unpaired) electrons. The van der Waals surface area contributed by atoms with Gasteiger partial charge in [0.15, 0.2) is 0 Å². The Balaban J connectivity index is 2.54. The average molecular weight is 232 g/mol. The summed E-state index contributed by atoms with van der Waals surface area (Å²) in [6.07, 6.45) is 1.65. The number of fused-ring (bicyclic) bond motifs is 1. The monoisotopic (exact) mass is 232 g/mol. The molecule has 0 aliphatic carbocycles. The van der Waals surface area contributed by atoms with Crippen LogP contribution in [0.3, 0.4) is 0 Å². The molecule has 0 spiro atoms. The van der Waals surface area contributed by atoms with Crippen molar-refractivity contribution >= 4 is 5.82 Å². The molecule has 17 heavy (non-hydrogen) atoms. The van der Waals surface area contributed by atoms with Gasteiger partial charge >= 0.3 is 0 Å². The number of hydrogen-bond donors (Lipinski definition) is 1. The molecule has 1 N–H and O–H groups in total. The second-order valence-electron chi connectivity index (χ2n) is 4.98. The van der Waals surface area contributed by atoms with E-state index in [-0.39, 0.29) is 0 Å². The summed E-state index contributed by atoms with van der Waals surface area (Å²) >= 11 is 0. The Morgan fingerprint density at radius 2 is 2.00 bits per heavy atom. The van der Waals surface area contributed by atoms with E-state index in [1.807, 2.05) is 0 Å². The molecule has 0 fully saturated rings. The van der Waals surface area contributed by atoms with Gasteiger partial charge in [0.1, 0.15) is 18.0 Å². The molecule has 2 rings (SSSR count). The van der Waals surface area contributed by atoms with Gasteiger partial charge in [-0.25, -0.2) is 9.97 Å². The molecule has 1 aliphatic heterocycles. The van der Waals surface area contributed by atoms with Crippen molar-refractivity contribution in [2.75, 3.05) is 4.90 Å². The molecule has 92 valence electrons. The molecule has 4 heteroatoms. The molecule has 0 amide bonds. The quantitative estimate of drug-likeness (QED) is 0.850. The van der Waals surface area contributed by atoms with Crippen molar-refractivity contribution in [3.63, 3.8) is 0 Å². The first-order valence-electron chi connectivity index (χ1n) is 6.08. The number of nitrogens with one attached hydrogen (secondary N) is 1. The van der Waals surface area contributed by atoms with Crippen molar-refractivity contribution in [3.05, 3.63) is 30.0 Å². The van der Waals surface area contributed by atoms with Crippen LogP contribution in [0.15, 0.2) is 18.7 Å². The standard InChI is InChI=1S/C13H20N4/c1-8(2)12-11-6-14-10(5)17(9(3)4)13(11)16-7-15-12/h7-9,14H,5-6H2,1-4H3. The van der Waals surface area contributed by atoms with Crippen LogP contribution in [0.25, 0.3) is 0 Å². The zero-order valence-electron chi connectivity index (χ0n) is 11.0. The molecule has 0 aromatic carbocycles. The average Bonchev–Trinajstić information content (AvgIpc) is 2.26. The van der Waals surface area contributed by atoms with Crippen molar-refractivity contribution in [2.24, 2.45) is 0 Å². The van der Waals surface area contributed by atoms with Crippen molar-refractivity contribution < 1.29 is 0 Å². The molecule has 2 heterocycles. The highest BCUT2D eigenvalue weighted by atomic mass is 15.3. The first-order valence-corrected chi connectivity index (χ1v) is 6.08. The van der Waals surface area contributed by atoms with E-state index in [4.69, 9.17) is 0 Å². The van der Waals surface area contributed by atoms with Crippen LogP contribution in [0.4, 0.5) is 5.82 Å². The Hall–Kier alpha value is -1.58. The van der Waals surface area contributed by atoms with E-state index < -0.39 is 0 Å². The summed E-state index contributed by atoms with van der Waals surface area (Å²) in [4.78, 5) is 11.0. The third-order valence-corrected chi connectivity index (χ3v) is 3.01. The van der Waals surface area contributed by atoms with E-state index in [1.165, 1.54) is 5.56 Å². The van der Waals surface area contributed by atoms with Crippen LogP contribution in [0.2, 0.25) is 0 Å². The highest BCUT2D eigenvalue weighted by molar-refractivity contribution is 5.56. The van der Waals surface area contributed by atoms with E-state index in [1.54, 1.807) is 6.33 Å². The zero-order valence-corrected chi connectivity index (χ0v) is 11.0. The predicted octanol–water partition coefficient (Wildman–Crippen LogP) is 2.39. The van der Waals surface area contributed by atoms with Gasteiger partial charge in [0, 0.05) is 18.2 Å². The van der Waals surface area contributed by atoms with E-state index in [0.29, 0.717) is 12.0 Å². The minimum atomic E-state index is 0.337. The summed E-state index contributed by atoms with van der Waals surface area (Å²) in [5.41, 5.74) is 2.32. The van der Waals surface area contributed by atoms with Gasteiger partial charge in [-0.3, -0.25) is 0 Å². The minimum absolute atomic E-state index is 0.337. The topological polar surface area (TPSA) is 41.1 Å². The van der Waals surface area contributed by atoms with Gasteiger partial charge in [0.25, 0.3) is 0 Å². The van der Waals surface area contributed by atoms with Gasteiger partial charge in [-0.2, -0.15) is 0 Å². The molecule has 1 aromatic rings. The van der Waals surface area contributed by atoms with Crippen LogP contribution in [0.5, 0.6) is 0 Å². The van der Waals surface area contributed by atoms with Crippen molar-refractivity contribution in [3.8, 4) is 0 Å². The lowest BCUT2D eigenvalue weighted by atomic mass is 10.0. The molecular formula is C13H20N4. The van der Waals surface area contributed by atoms with Crippen LogP contribution in [0.1, 0.15) is 44.9 Å². The first kappa shape index (κ1) is 11.9. The van der Waals surface area contributed by atoms with Gasteiger partial charge < -0.3 is 10.2 Å². The fourth-order valence-electron chi connectivity index (χ4n) is 2.25. The van der Waals surface area contributed by atoms with Crippen LogP contribution >= 0.6 is 0 Å². The van der Waals surface area contributed by atoms with E-state index in [0.717, 1.165) is 23.9 Å². The minimum Gasteiger partial charge on any atom is -0.368 e.